The quantitative estimate of drug-likeness (QED) is 0.692. The normalized spacial score (nSPS) is 10.3. The number of methoxy groups -OCH3 is 1. The van der Waals surface area contributed by atoms with E-state index >= 15 is 0 Å². The van der Waals surface area contributed by atoms with Crippen LogP contribution in [0, 0.1) is 5.82 Å². The second kappa shape index (κ2) is 5.61. The summed E-state index contributed by atoms with van der Waals surface area (Å²) in [5.41, 5.74) is 0.831. The molecule has 72 valence electrons. The molecule has 1 N–H and O–H groups in total. The van der Waals surface area contributed by atoms with Crippen LogP contribution in [0.1, 0.15) is 5.69 Å². The van der Waals surface area contributed by atoms with Crippen LogP contribution in [-0.4, -0.2) is 25.2 Å². The van der Waals surface area contributed by atoms with Gasteiger partial charge in [-0.1, -0.05) is 0 Å². The third-order valence-electron chi connectivity index (χ3n) is 1.58. The third kappa shape index (κ3) is 3.96. The molecule has 0 amide bonds. The number of hydrogen-bond acceptors (Lipinski definition) is 3. The molecule has 0 aliphatic rings. The first-order chi connectivity index (χ1) is 6.33. The van der Waals surface area contributed by atoms with Crippen LogP contribution in [0.5, 0.6) is 0 Å². The zero-order valence-electron chi connectivity index (χ0n) is 7.59. The largest absolute Gasteiger partial charge is 0.383 e. The molecule has 0 saturated carbocycles. The molecule has 1 aromatic heterocycles. The SMILES string of the molecule is COCCNCc1ccc(F)cn1. The molecule has 0 unspecified atom stereocenters. The smallest absolute Gasteiger partial charge is 0.141 e. The van der Waals surface area contributed by atoms with Crippen molar-refractivity contribution in [2.45, 2.75) is 6.54 Å². The summed E-state index contributed by atoms with van der Waals surface area (Å²) in [5.74, 6) is -0.305. The van der Waals surface area contributed by atoms with Gasteiger partial charge < -0.3 is 10.1 Å². The van der Waals surface area contributed by atoms with Crippen molar-refractivity contribution in [1.29, 1.82) is 0 Å². The van der Waals surface area contributed by atoms with Crippen LogP contribution in [0.25, 0.3) is 0 Å². The third-order valence-corrected chi connectivity index (χ3v) is 1.58. The minimum atomic E-state index is -0.305. The second-order valence-corrected chi connectivity index (χ2v) is 2.64. The lowest BCUT2D eigenvalue weighted by molar-refractivity contribution is 0.199. The summed E-state index contributed by atoms with van der Waals surface area (Å²) in [5, 5.41) is 3.11. The number of aromatic nitrogens is 1. The van der Waals surface area contributed by atoms with Crippen molar-refractivity contribution in [3.63, 3.8) is 0 Å². The highest BCUT2D eigenvalue weighted by Gasteiger charge is 1.94. The highest BCUT2D eigenvalue weighted by Crippen LogP contribution is 1.96. The Morgan fingerprint density at radius 1 is 1.54 bits per heavy atom. The van der Waals surface area contributed by atoms with Gasteiger partial charge in [0.15, 0.2) is 0 Å². The fourth-order valence-corrected chi connectivity index (χ4v) is 0.902. The second-order valence-electron chi connectivity index (χ2n) is 2.64. The van der Waals surface area contributed by atoms with E-state index in [1.54, 1.807) is 13.2 Å². The lowest BCUT2D eigenvalue weighted by Crippen LogP contribution is -2.19. The Balaban J connectivity index is 2.25. The molecule has 13 heavy (non-hydrogen) atoms. The van der Waals surface area contributed by atoms with Gasteiger partial charge in [0.25, 0.3) is 0 Å². The standard InChI is InChI=1S/C9H13FN2O/c1-13-5-4-11-7-9-3-2-8(10)6-12-9/h2-3,6,11H,4-5,7H2,1H3. The Morgan fingerprint density at radius 2 is 2.38 bits per heavy atom. The van der Waals surface area contributed by atoms with E-state index in [4.69, 9.17) is 4.74 Å². The minimum absolute atomic E-state index is 0.305. The Kier molecular flexibility index (Phi) is 4.35. The molecular formula is C9H13FN2O. The number of ether oxygens (including phenoxy) is 1. The minimum Gasteiger partial charge on any atom is -0.383 e. The van der Waals surface area contributed by atoms with Crippen LogP contribution in [0.15, 0.2) is 18.3 Å². The van der Waals surface area contributed by atoms with E-state index in [0.29, 0.717) is 13.2 Å². The van der Waals surface area contributed by atoms with Crippen molar-refractivity contribution in [3.05, 3.63) is 29.8 Å². The summed E-state index contributed by atoms with van der Waals surface area (Å²) in [6, 6.07) is 3.06. The van der Waals surface area contributed by atoms with Crippen LogP contribution < -0.4 is 5.32 Å². The molecule has 0 aliphatic carbocycles. The Bertz CT molecular complexity index is 238. The van der Waals surface area contributed by atoms with Crippen LogP contribution in [0.4, 0.5) is 4.39 Å². The highest BCUT2D eigenvalue weighted by molar-refractivity contribution is 5.04. The monoisotopic (exact) mass is 184 g/mol. The van der Waals surface area contributed by atoms with Gasteiger partial charge >= 0.3 is 0 Å². The van der Waals surface area contributed by atoms with E-state index in [1.165, 1.54) is 12.3 Å². The van der Waals surface area contributed by atoms with Gasteiger partial charge in [0.2, 0.25) is 0 Å². The summed E-state index contributed by atoms with van der Waals surface area (Å²) in [4.78, 5) is 3.90. The van der Waals surface area contributed by atoms with Crippen molar-refractivity contribution >= 4 is 0 Å². The fourth-order valence-electron chi connectivity index (χ4n) is 0.902. The molecule has 1 rings (SSSR count). The number of hydrogen-bond donors (Lipinski definition) is 1. The number of pyridine rings is 1. The van der Waals surface area contributed by atoms with Gasteiger partial charge in [-0.05, 0) is 12.1 Å². The lowest BCUT2D eigenvalue weighted by atomic mass is 10.3. The van der Waals surface area contributed by atoms with Crippen LogP contribution in [0.3, 0.4) is 0 Å². The molecule has 0 aromatic carbocycles. The van der Waals surface area contributed by atoms with E-state index in [0.717, 1.165) is 12.2 Å². The zero-order valence-corrected chi connectivity index (χ0v) is 7.59. The molecule has 0 spiro atoms. The number of halogens is 1. The lowest BCUT2D eigenvalue weighted by Gasteiger charge is -2.02. The maximum Gasteiger partial charge on any atom is 0.141 e. The van der Waals surface area contributed by atoms with E-state index in [9.17, 15) is 4.39 Å². The molecule has 0 radical (unpaired) electrons. The summed E-state index contributed by atoms with van der Waals surface area (Å²) in [6.45, 7) is 2.08. The van der Waals surface area contributed by atoms with Crippen molar-refractivity contribution in [3.8, 4) is 0 Å². The molecule has 3 nitrogen and oxygen atoms in total. The first kappa shape index (κ1) is 10.1. The van der Waals surface area contributed by atoms with Crippen LogP contribution in [0.2, 0.25) is 0 Å². The van der Waals surface area contributed by atoms with E-state index in [-0.39, 0.29) is 5.82 Å². The average Bonchev–Trinajstić information content (AvgIpc) is 2.15. The van der Waals surface area contributed by atoms with Gasteiger partial charge in [-0.2, -0.15) is 0 Å². The maximum atomic E-state index is 12.4. The number of nitrogens with zero attached hydrogens (tertiary/aromatic N) is 1. The van der Waals surface area contributed by atoms with Crippen molar-refractivity contribution in [2.24, 2.45) is 0 Å². The van der Waals surface area contributed by atoms with Gasteiger partial charge in [-0.25, -0.2) is 4.39 Å². The molecule has 0 aliphatic heterocycles. The predicted molar refractivity (Wildman–Crippen MR) is 47.8 cm³/mol. The van der Waals surface area contributed by atoms with Gasteiger partial charge in [-0.3, -0.25) is 4.98 Å². The molecule has 0 fully saturated rings. The molecule has 1 aromatic rings. The predicted octanol–water partition coefficient (Wildman–Crippen LogP) is 0.957. The van der Waals surface area contributed by atoms with Crippen LogP contribution in [-0.2, 0) is 11.3 Å². The van der Waals surface area contributed by atoms with Gasteiger partial charge in [-0.15, -0.1) is 0 Å². The van der Waals surface area contributed by atoms with Gasteiger partial charge in [0.1, 0.15) is 5.82 Å². The maximum absolute atomic E-state index is 12.4. The first-order valence-corrected chi connectivity index (χ1v) is 4.13. The van der Waals surface area contributed by atoms with Crippen molar-refractivity contribution in [2.75, 3.05) is 20.3 Å². The summed E-state index contributed by atoms with van der Waals surface area (Å²) in [6.07, 6.45) is 1.22. The summed E-state index contributed by atoms with van der Waals surface area (Å²) in [7, 11) is 1.65. The van der Waals surface area contributed by atoms with Crippen molar-refractivity contribution in [1.82, 2.24) is 10.3 Å². The topological polar surface area (TPSA) is 34.1 Å². The van der Waals surface area contributed by atoms with Crippen molar-refractivity contribution < 1.29 is 9.13 Å². The molecule has 0 saturated heterocycles. The fraction of sp³-hybridized carbons (Fsp3) is 0.444. The molecule has 4 heteroatoms. The van der Waals surface area contributed by atoms with E-state index in [2.05, 4.69) is 10.3 Å². The van der Waals surface area contributed by atoms with Gasteiger partial charge in [0.05, 0.1) is 18.5 Å². The summed E-state index contributed by atoms with van der Waals surface area (Å²) < 4.78 is 17.3. The Hall–Kier alpha value is -1.00. The van der Waals surface area contributed by atoms with Gasteiger partial charge in [0, 0.05) is 20.2 Å². The zero-order chi connectivity index (χ0) is 9.52. The number of rotatable bonds is 5. The Labute approximate surface area is 76.9 Å². The average molecular weight is 184 g/mol. The van der Waals surface area contributed by atoms with Crippen LogP contribution >= 0.6 is 0 Å². The molecule has 0 bridgehead atoms. The molecular weight excluding hydrogens is 171 g/mol. The molecule has 1 heterocycles. The van der Waals surface area contributed by atoms with E-state index in [1.807, 2.05) is 0 Å². The highest BCUT2D eigenvalue weighted by atomic mass is 19.1. The first-order valence-electron chi connectivity index (χ1n) is 4.13. The summed E-state index contributed by atoms with van der Waals surface area (Å²) >= 11 is 0. The van der Waals surface area contributed by atoms with E-state index < -0.39 is 0 Å². The number of nitrogens with one attached hydrogen (secondary N) is 1. The Morgan fingerprint density at radius 3 is 3.00 bits per heavy atom. The molecule has 0 atom stereocenters.